The van der Waals surface area contributed by atoms with Gasteiger partial charge in [-0.2, -0.15) is 0 Å². The van der Waals surface area contributed by atoms with Gasteiger partial charge in [0.15, 0.2) is 0 Å². The van der Waals surface area contributed by atoms with Crippen LogP contribution in [0.25, 0.3) is 0 Å². The number of aliphatic hydroxyl groups is 1. The average molecular weight is 248 g/mol. The third kappa shape index (κ3) is 2.89. The summed E-state index contributed by atoms with van der Waals surface area (Å²) in [6.07, 6.45) is 6.17. The number of aliphatic hydroxyl groups excluding tert-OH is 1. The Labute approximate surface area is 110 Å². The molecule has 1 unspecified atom stereocenters. The van der Waals surface area contributed by atoms with Crippen molar-refractivity contribution in [3.63, 3.8) is 0 Å². The van der Waals surface area contributed by atoms with Crippen molar-refractivity contribution in [1.29, 1.82) is 0 Å². The van der Waals surface area contributed by atoms with E-state index >= 15 is 0 Å². The summed E-state index contributed by atoms with van der Waals surface area (Å²) >= 11 is 0. The van der Waals surface area contributed by atoms with Crippen LogP contribution in [-0.2, 0) is 0 Å². The number of aromatic nitrogens is 2. The van der Waals surface area contributed by atoms with Crippen LogP contribution in [-0.4, -0.2) is 15.1 Å². The van der Waals surface area contributed by atoms with E-state index in [0.717, 1.165) is 17.1 Å². The summed E-state index contributed by atoms with van der Waals surface area (Å²) in [5.41, 5.74) is 2.24. The van der Waals surface area contributed by atoms with Gasteiger partial charge in [0.1, 0.15) is 5.82 Å². The standard InChI is InChI=1S/C15H24N2O/c1-10-13(11(2)18)9-16-14(17-10)12-5-7-15(3,4)8-6-12/h9,11-12,18H,5-8H2,1-4H3. The van der Waals surface area contributed by atoms with Crippen molar-refractivity contribution in [2.75, 3.05) is 0 Å². The Bertz CT molecular complexity index is 417. The van der Waals surface area contributed by atoms with Gasteiger partial charge in [-0.1, -0.05) is 13.8 Å². The molecule has 1 aromatic rings. The molecule has 3 nitrogen and oxygen atoms in total. The molecule has 1 fully saturated rings. The molecule has 0 saturated heterocycles. The number of hydrogen-bond acceptors (Lipinski definition) is 3. The van der Waals surface area contributed by atoms with Crippen molar-refractivity contribution < 1.29 is 5.11 Å². The first kappa shape index (κ1) is 13.5. The van der Waals surface area contributed by atoms with Gasteiger partial charge >= 0.3 is 0 Å². The highest BCUT2D eigenvalue weighted by Gasteiger charge is 2.29. The van der Waals surface area contributed by atoms with E-state index < -0.39 is 6.10 Å². The zero-order valence-corrected chi connectivity index (χ0v) is 11.9. The van der Waals surface area contributed by atoms with E-state index in [1.807, 2.05) is 6.92 Å². The van der Waals surface area contributed by atoms with Gasteiger partial charge in [-0.3, -0.25) is 0 Å². The molecule has 1 aliphatic carbocycles. The molecule has 0 spiro atoms. The molecule has 1 atom stereocenters. The molecule has 100 valence electrons. The van der Waals surface area contributed by atoms with Gasteiger partial charge in [-0.05, 0) is 44.9 Å². The van der Waals surface area contributed by atoms with E-state index in [2.05, 4.69) is 23.8 Å². The Balaban J connectivity index is 2.13. The summed E-state index contributed by atoms with van der Waals surface area (Å²) in [4.78, 5) is 9.06. The van der Waals surface area contributed by atoms with Gasteiger partial charge in [0.25, 0.3) is 0 Å². The van der Waals surface area contributed by atoms with Gasteiger partial charge in [0, 0.05) is 23.4 Å². The molecule has 1 N–H and O–H groups in total. The van der Waals surface area contributed by atoms with E-state index in [-0.39, 0.29) is 0 Å². The Morgan fingerprint density at radius 3 is 2.44 bits per heavy atom. The maximum Gasteiger partial charge on any atom is 0.131 e. The maximum atomic E-state index is 9.59. The number of rotatable bonds is 2. The lowest BCUT2D eigenvalue weighted by Crippen LogP contribution is -2.21. The first-order chi connectivity index (χ1) is 8.39. The Morgan fingerprint density at radius 1 is 1.33 bits per heavy atom. The average Bonchev–Trinajstić information content (AvgIpc) is 2.28. The van der Waals surface area contributed by atoms with Gasteiger partial charge in [-0.15, -0.1) is 0 Å². The molecular weight excluding hydrogens is 224 g/mol. The lowest BCUT2D eigenvalue weighted by atomic mass is 9.73. The lowest BCUT2D eigenvalue weighted by Gasteiger charge is -2.33. The molecule has 0 amide bonds. The van der Waals surface area contributed by atoms with E-state index in [1.54, 1.807) is 13.1 Å². The monoisotopic (exact) mass is 248 g/mol. The highest BCUT2D eigenvalue weighted by molar-refractivity contribution is 5.19. The van der Waals surface area contributed by atoms with Crippen molar-refractivity contribution in [3.8, 4) is 0 Å². The minimum atomic E-state index is -0.482. The quantitative estimate of drug-likeness (QED) is 0.871. The van der Waals surface area contributed by atoms with E-state index in [9.17, 15) is 5.11 Å². The number of hydrogen-bond donors (Lipinski definition) is 1. The maximum absolute atomic E-state index is 9.59. The second-order valence-corrected chi connectivity index (χ2v) is 6.38. The van der Waals surface area contributed by atoms with Crippen molar-refractivity contribution in [3.05, 3.63) is 23.3 Å². The van der Waals surface area contributed by atoms with Crippen LogP contribution in [0, 0.1) is 12.3 Å². The summed E-state index contributed by atoms with van der Waals surface area (Å²) in [6, 6.07) is 0. The van der Waals surface area contributed by atoms with E-state index in [0.29, 0.717) is 11.3 Å². The second kappa shape index (κ2) is 4.96. The molecule has 1 saturated carbocycles. The minimum Gasteiger partial charge on any atom is -0.389 e. The van der Waals surface area contributed by atoms with Crippen LogP contribution in [0.4, 0.5) is 0 Å². The van der Waals surface area contributed by atoms with Gasteiger partial charge in [0.2, 0.25) is 0 Å². The fourth-order valence-electron chi connectivity index (χ4n) is 2.76. The first-order valence-electron chi connectivity index (χ1n) is 6.90. The molecule has 18 heavy (non-hydrogen) atoms. The van der Waals surface area contributed by atoms with E-state index in [4.69, 9.17) is 0 Å². The van der Waals surface area contributed by atoms with Crippen LogP contribution in [0.5, 0.6) is 0 Å². The fourth-order valence-corrected chi connectivity index (χ4v) is 2.76. The van der Waals surface area contributed by atoms with Crippen molar-refractivity contribution in [1.82, 2.24) is 9.97 Å². The lowest BCUT2D eigenvalue weighted by molar-refractivity contribution is 0.196. The normalized spacial score (nSPS) is 21.8. The molecule has 0 aliphatic heterocycles. The van der Waals surface area contributed by atoms with Crippen molar-refractivity contribution >= 4 is 0 Å². The molecule has 0 bridgehead atoms. The Morgan fingerprint density at radius 2 is 1.94 bits per heavy atom. The number of aryl methyl sites for hydroxylation is 1. The Kier molecular flexibility index (Phi) is 3.71. The fraction of sp³-hybridized carbons (Fsp3) is 0.733. The molecular formula is C15H24N2O. The Hall–Kier alpha value is -0.960. The molecule has 1 aliphatic rings. The summed E-state index contributed by atoms with van der Waals surface area (Å²) in [5, 5.41) is 9.59. The summed E-state index contributed by atoms with van der Waals surface area (Å²) in [6.45, 7) is 8.40. The summed E-state index contributed by atoms with van der Waals surface area (Å²) in [5.74, 6) is 1.46. The summed E-state index contributed by atoms with van der Waals surface area (Å²) < 4.78 is 0. The van der Waals surface area contributed by atoms with Crippen LogP contribution < -0.4 is 0 Å². The van der Waals surface area contributed by atoms with E-state index in [1.165, 1.54) is 25.7 Å². The van der Waals surface area contributed by atoms with Crippen LogP contribution >= 0.6 is 0 Å². The molecule has 3 heteroatoms. The van der Waals surface area contributed by atoms with Crippen molar-refractivity contribution in [2.45, 2.75) is 65.4 Å². The largest absolute Gasteiger partial charge is 0.389 e. The minimum absolute atomic E-state index is 0.477. The highest BCUT2D eigenvalue weighted by atomic mass is 16.3. The van der Waals surface area contributed by atoms with Crippen LogP contribution in [0.15, 0.2) is 6.20 Å². The molecule has 0 radical (unpaired) electrons. The molecule has 2 rings (SSSR count). The van der Waals surface area contributed by atoms with Crippen LogP contribution in [0.2, 0.25) is 0 Å². The van der Waals surface area contributed by atoms with Crippen LogP contribution in [0.3, 0.4) is 0 Å². The zero-order chi connectivity index (χ0) is 13.3. The molecule has 1 heterocycles. The zero-order valence-electron chi connectivity index (χ0n) is 11.9. The second-order valence-electron chi connectivity index (χ2n) is 6.38. The van der Waals surface area contributed by atoms with Gasteiger partial charge in [0.05, 0.1) is 6.10 Å². The topological polar surface area (TPSA) is 46.0 Å². The molecule has 0 aromatic carbocycles. The third-order valence-corrected chi connectivity index (χ3v) is 4.19. The molecule has 1 aromatic heterocycles. The highest BCUT2D eigenvalue weighted by Crippen LogP contribution is 2.41. The third-order valence-electron chi connectivity index (χ3n) is 4.19. The predicted octanol–water partition coefficient (Wildman–Crippen LogP) is 3.52. The van der Waals surface area contributed by atoms with Crippen molar-refractivity contribution in [2.24, 2.45) is 5.41 Å². The predicted molar refractivity (Wildman–Crippen MR) is 72.4 cm³/mol. The van der Waals surface area contributed by atoms with Gasteiger partial charge in [-0.25, -0.2) is 9.97 Å². The number of nitrogens with zero attached hydrogens (tertiary/aromatic N) is 2. The first-order valence-corrected chi connectivity index (χ1v) is 6.90. The van der Waals surface area contributed by atoms with Crippen LogP contribution in [0.1, 0.15) is 75.6 Å². The smallest absolute Gasteiger partial charge is 0.131 e. The van der Waals surface area contributed by atoms with Gasteiger partial charge < -0.3 is 5.11 Å². The summed E-state index contributed by atoms with van der Waals surface area (Å²) in [7, 11) is 0. The SMILES string of the molecule is Cc1nc(C2CCC(C)(C)CC2)ncc1C(C)O.